The number of hydrogen-bond donors (Lipinski definition) is 1. The van der Waals surface area contributed by atoms with Gasteiger partial charge in [0.1, 0.15) is 4.90 Å². The number of nitrogens with zero attached hydrogens (tertiary/aromatic N) is 1. The van der Waals surface area contributed by atoms with Gasteiger partial charge in [0.05, 0.1) is 6.20 Å². The summed E-state index contributed by atoms with van der Waals surface area (Å²) in [4.78, 5) is 1.84. The third-order valence-electron chi connectivity index (χ3n) is 1.68. The summed E-state index contributed by atoms with van der Waals surface area (Å²) >= 11 is 0. The van der Waals surface area contributed by atoms with Crippen LogP contribution in [-0.4, -0.2) is 19.8 Å². The molecular weight excluding hydrogens is 268 g/mol. The first-order valence-electron chi connectivity index (χ1n) is 3.96. The van der Waals surface area contributed by atoms with Gasteiger partial charge in [0.2, 0.25) is 16.0 Å². The first-order chi connectivity index (χ1) is 7.52. The van der Waals surface area contributed by atoms with Crippen LogP contribution in [0.2, 0.25) is 0 Å². The van der Waals surface area contributed by atoms with E-state index < -0.39 is 38.5 Å². The fourth-order valence-electron chi connectivity index (χ4n) is 1.10. The molecule has 0 aliphatic heterocycles. The number of ether oxygens (including phenoxy) is 1. The molecule has 0 atom stereocenters. The Morgan fingerprint density at radius 3 is 2.35 bits per heavy atom. The lowest BCUT2D eigenvalue weighted by Crippen LogP contribution is -2.22. The van der Waals surface area contributed by atoms with Gasteiger partial charge in [-0.1, -0.05) is 0 Å². The molecule has 2 N–H and O–H groups in total. The summed E-state index contributed by atoms with van der Waals surface area (Å²) in [5, 5.41) is 4.68. The quantitative estimate of drug-likeness (QED) is 0.646. The fraction of sp³-hybridized carbons (Fsp3) is 0.286. The molecule has 1 rings (SSSR count). The molecule has 0 saturated heterocycles. The Balaban J connectivity index is 3.47. The van der Waals surface area contributed by atoms with Crippen molar-refractivity contribution in [2.75, 3.05) is 0 Å². The van der Waals surface area contributed by atoms with E-state index in [1.165, 1.54) is 0 Å². The van der Waals surface area contributed by atoms with Gasteiger partial charge in [0, 0.05) is 5.56 Å². The number of alkyl halides is 3. The molecule has 96 valence electrons. The molecule has 0 aromatic carbocycles. The van der Waals surface area contributed by atoms with E-state index in [1.807, 2.05) is 0 Å². The Morgan fingerprint density at radius 2 is 1.94 bits per heavy atom. The van der Waals surface area contributed by atoms with E-state index in [0.29, 0.717) is 6.20 Å². The van der Waals surface area contributed by atoms with E-state index in [4.69, 9.17) is 0 Å². The Kier molecular flexibility index (Phi) is 3.30. The largest absolute Gasteiger partial charge is 0.573 e. The first-order valence-corrected chi connectivity index (χ1v) is 5.50. The van der Waals surface area contributed by atoms with Gasteiger partial charge in [-0.25, -0.2) is 18.5 Å². The van der Waals surface area contributed by atoms with E-state index in [0.717, 1.165) is 6.92 Å². The molecule has 10 heteroatoms. The summed E-state index contributed by atoms with van der Waals surface area (Å²) in [5.41, 5.74) is -0.644. The molecule has 0 aliphatic carbocycles. The van der Waals surface area contributed by atoms with Gasteiger partial charge in [-0.2, -0.15) is 4.39 Å². The number of hydrogen-bond acceptors (Lipinski definition) is 4. The van der Waals surface area contributed by atoms with Gasteiger partial charge >= 0.3 is 6.36 Å². The maximum absolute atomic E-state index is 13.0. The molecule has 0 fully saturated rings. The maximum atomic E-state index is 13.0. The lowest BCUT2D eigenvalue weighted by atomic mass is 10.3. The highest BCUT2D eigenvalue weighted by molar-refractivity contribution is 7.89. The summed E-state index contributed by atoms with van der Waals surface area (Å²) in [6, 6.07) is 0. The van der Waals surface area contributed by atoms with Crippen LogP contribution < -0.4 is 9.88 Å². The van der Waals surface area contributed by atoms with Crippen LogP contribution in [0.4, 0.5) is 17.6 Å². The monoisotopic (exact) mass is 274 g/mol. The maximum Gasteiger partial charge on any atom is 0.573 e. The number of rotatable bonds is 2. The Hall–Kier alpha value is -1.42. The summed E-state index contributed by atoms with van der Waals surface area (Å²) < 4.78 is 74.3. The highest BCUT2D eigenvalue weighted by Gasteiger charge is 2.35. The average Bonchev–Trinajstić information content (AvgIpc) is 2.06. The second-order valence-electron chi connectivity index (χ2n) is 2.96. The molecule has 1 aromatic rings. The summed E-state index contributed by atoms with van der Waals surface area (Å²) in [5.74, 6) is -2.41. The van der Waals surface area contributed by atoms with Gasteiger partial charge in [-0.3, -0.25) is 0 Å². The van der Waals surface area contributed by atoms with Crippen LogP contribution >= 0.6 is 0 Å². The van der Waals surface area contributed by atoms with E-state index in [-0.39, 0.29) is 0 Å². The minimum absolute atomic E-state index is 0.301. The molecule has 0 aliphatic rings. The molecule has 0 unspecified atom stereocenters. The normalized spacial score (nSPS) is 12.6. The van der Waals surface area contributed by atoms with Crippen molar-refractivity contribution in [3.05, 3.63) is 17.7 Å². The van der Waals surface area contributed by atoms with Crippen LogP contribution in [0, 0.1) is 12.9 Å². The topological polar surface area (TPSA) is 82.3 Å². The molecule has 17 heavy (non-hydrogen) atoms. The van der Waals surface area contributed by atoms with Gasteiger partial charge in [-0.05, 0) is 6.92 Å². The van der Waals surface area contributed by atoms with Crippen LogP contribution in [0.1, 0.15) is 5.56 Å². The summed E-state index contributed by atoms with van der Waals surface area (Å²) in [7, 11) is -4.56. The highest BCUT2D eigenvalue weighted by atomic mass is 32.2. The van der Waals surface area contributed by atoms with E-state index in [1.54, 1.807) is 0 Å². The molecule has 0 saturated carbocycles. The van der Waals surface area contributed by atoms with Crippen molar-refractivity contribution < 1.29 is 30.7 Å². The molecule has 0 bridgehead atoms. The van der Waals surface area contributed by atoms with Crippen LogP contribution in [0.3, 0.4) is 0 Å². The zero-order valence-corrected chi connectivity index (χ0v) is 9.06. The van der Waals surface area contributed by atoms with Crippen LogP contribution in [0.15, 0.2) is 11.1 Å². The molecule has 0 radical (unpaired) electrons. The SMILES string of the molecule is Cc1c(F)ncc(OC(F)(F)F)c1S(N)(=O)=O. The summed E-state index contributed by atoms with van der Waals surface area (Å²) in [6.45, 7) is 0.922. The molecular formula is C7H6F4N2O3S. The lowest BCUT2D eigenvalue weighted by molar-refractivity contribution is -0.275. The van der Waals surface area contributed by atoms with Gasteiger partial charge in [0.15, 0.2) is 5.75 Å². The minimum Gasteiger partial charge on any atom is -0.403 e. The van der Waals surface area contributed by atoms with Crippen molar-refractivity contribution in [1.29, 1.82) is 0 Å². The zero-order valence-electron chi connectivity index (χ0n) is 8.25. The minimum atomic E-state index is -5.13. The van der Waals surface area contributed by atoms with Crippen LogP contribution in [-0.2, 0) is 10.0 Å². The number of primary sulfonamides is 1. The predicted octanol–water partition coefficient (Wildman–Crippen LogP) is 1.08. The number of sulfonamides is 1. The van der Waals surface area contributed by atoms with Gasteiger partial charge < -0.3 is 4.74 Å². The smallest absolute Gasteiger partial charge is 0.403 e. The van der Waals surface area contributed by atoms with E-state index in [9.17, 15) is 26.0 Å². The Labute approximate surface area is 93.3 Å². The van der Waals surface area contributed by atoms with Gasteiger partial charge in [-0.15, -0.1) is 13.2 Å². The Bertz CT molecular complexity index is 541. The number of halogens is 4. The molecule has 0 spiro atoms. The second-order valence-corrected chi connectivity index (χ2v) is 4.46. The predicted molar refractivity (Wildman–Crippen MR) is 47.0 cm³/mol. The van der Waals surface area contributed by atoms with Crippen LogP contribution in [0.5, 0.6) is 5.75 Å². The number of aromatic nitrogens is 1. The Morgan fingerprint density at radius 1 is 1.41 bits per heavy atom. The number of nitrogens with two attached hydrogens (primary N) is 1. The van der Waals surface area contributed by atoms with E-state index in [2.05, 4.69) is 14.9 Å². The second kappa shape index (κ2) is 4.11. The van der Waals surface area contributed by atoms with Crippen molar-refractivity contribution in [3.8, 4) is 5.75 Å². The van der Waals surface area contributed by atoms with Crippen molar-refractivity contribution in [1.82, 2.24) is 4.98 Å². The zero-order chi connectivity index (χ0) is 13.4. The van der Waals surface area contributed by atoms with Gasteiger partial charge in [0.25, 0.3) is 0 Å². The van der Waals surface area contributed by atoms with Crippen molar-refractivity contribution in [2.45, 2.75) is 18.2 Å². The highest BCUT2D eigenvalue weighted by Crippen LogP contribution is 2.31. The lowest BCUT2D eigenvalue weighted by Gasteiger charge is -2.13. The van der Waals surface area contributed by atoms with Crippen LogP contribution in [0.25, 0.3) is 0 Å². The third-order valence-corrected chi connectivity index (χ3v) is 2.76. The average molecular weight is 274 g/mol. The molecule has 0 amide bonds. The van der Waals surface area contributed by atoms with Crippen molar-refractivity contribution in [3.63, 3.8) is 0 Å². The van der Waals surface area contributed by atoms with E-state index >= 15 is 0 Å². The number of pyridine rings is 1. The molecule has 1 heterocycles. The molecule has 1 aromatic heterocycles. The third kappa shape index (κ3) is 3.27. The van der Waals surface area contributed by atoms with Crippen molar-refractivity contribution in [2.24, 2.45) is 5.14 Å². The summed E-state index contributed by atoms with van der Waals surface area (Å²) in [6.07, 6.45) is -4.83. The first kappa shape index (κ1) is 13.6. The van der Waals surface area contributed by atoms with Crippen molar-refractivity contribution >= 4 is 10.0 Å². The molecule has 5 nitrogen and oxygen atoms in total. The fourth-order valence-corrected chi connectivity index (χ4v) is 1.99. The standard InChI is InChI=1S/C7H6F4N2O3S/c1-3-5(17(12,14)15)4(2-13-6(3)8)16-7(9,10)11/h2H,1H3,(H2,12,14,15).